The van der Waals surface area contributed by atoms with Crippen LogP contribution < -0.4 is 0 Å². The Morgan fingerprint density at radius 3 is 2.84 bits per heavy atom. The second-order valence-electron chi connectivity index (χ2n) is 6.10. The minimum Gasteiger partial charge on any atom is -0.456 e. The van der Waals surface area contributed by atoms with Crippen molar-refractivity contribution in [2.24, 2.45) is 5.41 Å². The van der Waals surface area contributed by atoms with Gasteiger partial charge in [0.05, 0.1) is 6.10 Å². The average Bonchev–Trinajstić information content (AvgIpc) is 2.69. The maximum atomic E-state index is 9.96. The number of allylic oxidation sites excluding steroid dienone is 1. The van der Waals surface area contributed by atoms with E-state index in [-0.39, 0.29) is 5.41 Å². The molecule has 1 heterocycles. The van der Waals surface area contributed by atoms with Gasteiger partial charge in [0, 0.05) is 10.4 Å². The molecule has 0 saturated heterocycles. The molecule has 2 nitrogen and oxygen atoms in total. The van der Waals surface area contributed by atoms with Crippen LogP contribution in [0.5, 0.6) is 0 Å². The van der Waals surface area contributed by atoms with Crippen LogP contribution in [-0.2, 0) is 0 Å². The molecular formula is C16H17ClO2. The first-order chi connectivity index (χ1) is 8.93. The summed E-state index contributed by atoms with van der Waals surface area (Å²) in [5, 5.41) is 11.7. The van der Waals surface area contributed by atoms with Gasteiger partial charge in [0.15, 0.2) is 0 Å². The second kappa shape index (κ2) is 4.39. The van der Waals surface area contributed by atoms with E-state index in [0.717, 1.165) is 35.1 Å². The van der Waals surface area contributed by atoms with Crippen LogP contribution in [0.15, 0.2) is 34.8 Å². The number of hydrogen-bond donors (Lipinski definition) is 1. The van der Waals surface area contributed by atoms with Crippen LogP contribution in [0.2, 0.25) is 5.02 Å². The lowest BCUT2D eigenvalue weighted by molar-refractivity contribution is 0.145. The molecule has 1 aromatic carbocycles. The third-order valence-electron chi connectivity index (χ3n) is 3.62. The van der Waals surface area contributed by atoms with Crippen molar-refractivity contribution in [3.63, 3.8) is 0 Å². The normalized spacial score (nSPS) is 22.5. The van der Waals surface area contributed by atoms with Gasteiger partial charge < -0.3 is 9.52 Å². The molecule has 0 spiro atoms. The van der Waals surface area contributed by atoms with Gasteiger partial charge in [-0.15, -0.1) is 0 Å². The van der Waals surface area contributed by atoms with Crippen LogP contribution >= 0.6 is 11.6 Å². The summed E-state index contributed by atoms with van der Waals surface area (Å²) >= 11 is 5.99. The van der Waals surface area contributed by atoms with Gasteiger partial charge in [-0.2, -0.15) is 0 Å². The molecule has 3 heteroatoms. The molecule has 1 N–H and O–H groups in total. The van der Waals surface area contributed by atoms with Crippen LogP contribution in [0.3, 0.4) is 0 Å². The van der Waals surface area contributed by atoms with Gasteiger partial charge in [-0.1, -0.05) is 25.4 Å². The van der Waals surface area contributed by atoms with Gasteiger partial charge in [0.1, 0.15) is 11.3 Å². The van der Waals surface area contributed by atoms with E-state index in [9.17, 15) is 5.11 Å². The third kappa shape index (κ3) is 2.56. The molecular weight excluding hydrogens is 260 g/mol. The van der Waals surface area contributed by atoms with Gasteiger partial charge in [0.25, 0.3) is 0 Å². The first kappa shape index (κ1) is 12.8. The fraction of sp³-hybridized carbons (Fsp3) is 0.375. The Kier molecular flexibility index (Phi) is 2.95. The van der Waals surface area contributed by atoms with Crippen LogP contribution in [0.4, 0.5) is 0 Å². The highest BCUT2D eigenvalue weighted by Crippen LogP contribution is 2.40. The predicted molar refractivity (Wildman–Crippen MR) is 78.2 cm³/mol. The maximum absolute atomic E-state index is 9.96. The molecule has 100 valence electrons. The molecule has 3 rings (SSSR count). The molecule has 1 atom stereocenters. The number of rotatable bonds is 1. The molecule has 1 aliphatic carbocycles. The number of halogens is 1. The molecule has 1 aromatic heterocycles. The molecule has 2 aromatic rings. The van der Waals surface area contributed by atoms with Crippen molar-refractivity contribution < 1.29 is 9.52 Å². The highest BCUT2D eigenvalue weighted by atomic mass is 35.5. The fourth-order valence-corrected chi connectivity index (χ4v) is 3.03. The SMILES string of the molecule is CC1(C)CC(c2cc3cc(Cl)ccc3o2)=CC(O)C1. The minimum atomic E-state index is -0.393. The molecule has 1 unspecified atom stereocenters. The molecule has 0 radical (unpaired) electrons. The quantitative estimate of drug-likeness (QED) is 0.822. The summed E-state index contributed by atoms with van der Waals surface area (Å²) in [6.45, 7) is 4.34. The number of aliphatic hydroxyl groups is 1. The van der Waals surface area contributed by atoms with E-state index in [1.54, 1.807) is 0 Å². The zero-order valence-electron chi connectivity index (χ0n) is 11.1. The summed E-state index contributed by atoms with van der Waals surface area (Å²) in [6.07, 6.45) is 3.22. The number of fused-ring (bicyclic) bond motifs is 1. The monoisotopic (exact) mass is 276 g/mol. The summed E-state index contributed by atoms with van der Waals surface area (Å²) in [6, 6.07) is 7.60. The minimum absolute atomic E-state index is 0.0973. The number of furan rings is 1. The summed E-state index contributed by atoms with van der Waals surface area (Å²) in [7, 11) is 0. The van der Waals surface area contributed by atoms with Gasteiger partial charge in [0.2, 0.25) is 0 Å². The Hall–Kier alpha value is -1.25. The Labute approximate surface area is 117 Å². The van der Waals surface area contributed by atoms with E-state index in [2.05, 4.69) is 13.8 Å². The Balaban J connectivity index is 2.04. The summed E-state index contributed by atoms with van der Waals surface area (Å²) in [4.78, 5) is 0. The highest BCUT2D eigenvalue weighted by molar-refractivity contribution is 6.31. The number of aliphatic hydroxyl groups excluding tert-OH is 1. The topological polar surface area (TPSA) is 33.4 Å². The van der Waals surface area contributed by atoms with E-state index in [4.69, 9.17) is 16.0 Å². The van der Waals surface area contributed by atoms with Crippen molar-refractivity contribution in [2.45, 2.75) is 32.8 Å². The van der Waals surface area contributed by atoms with Crippen molar-refractivity contribution in [3.8, 4) is 0 Å². The van der Waals surface area contributed by atoms with Gasteiger partial charge in [-0.25, -0.2) is 0 Å². The molecule has 0 bridgehead atoms. The second-order valence-corrected chi connectivity index (χ2v) is 6.53. The van der Waals surface area contributed by atoms with E-state index in [1.807, 2.05) is 30.3 Å². The Morgan fingerprint density at radius 1 is 1.32 bits per heavy atom. The van der Waals surface area contributed by atoms with E-state index in [1.165, 1.54) is 0 Å². The smallest absolute Gasteiger partial charge is 0.134 e. The highest BCUT2D eigenvalue weighted by Gasteiger charge is 2.29. The third-order valence-corrected chi connectivity index (χ3v) is 3.85. The largest absolute Gasteiger partial charge is 0.456 e. The molecule has 0 aliphatic heterocycles. The predicted octanol–water partition coefficient (Wildman–Crippen LogP) is 4.65. The van der Waals surface area contributed by atoms with E-state index >= 15 is 0 Å². The average molecular weight is 277 g/mol. The van der Waals surface area contributed by atoms with Gasteiger partial charge in [-0.05, 0) is 54.2 Å². The Bertz CT molecular complexity index is 652. The maximum Gasteiger partial charge on any atom is 0.134 e. The fourth-order valence-electron chi connectivity index (χ4n) is 2.85. The lowest BCUT2D eigenvalue weighted by Gasteiger charge is -2.31. The number of hydrogen-bond acceptors (Lipinski definition) is 2. The summed E-state index contributed by atoms with van der Waals surface area (Å²) in [5.41, 5.74) is 2.01. The summed E-state index contributed by atoms with van der Waals surface area (Å²) < 4.78 is 5.87. The lowest BCUT2D eigenvalue weighted by Crippen LogP contribution is -2.24. The molecule has 19 heavy (non-hydrogen) atoms. The van der Waals surface area contributed by atoms with Crippen molar-refractivity contribution in [3.05, 3.63) is 41.1 Å². The summed E-state index contributed by atoms with van der Waals surface area (Å²) in [5.74, 6) is 0.837. The molecule has 0 fully saturated rings. The van der Waals surface area contributed by atoms with Crippen molar-refractivity contribution in [1.29, 1.82) is 0 Å². The van der Waals surface area contributed by atoms with Crippen LogP contribution in [-0.4, -0.2) is 11.2 Å². The van der Waals surface area contributed by atoms with Crippen LogP contribution in [0.1, 0.15) is 32.4 Å². The molecule has 1 aliphatic rings. The van der Waals surface area contributed by atoms with Crippen LogP contribution in [0.25, 0.3) is 16.5 Å². The number of benzene rings is 1. The zero-order valence-corrected chi connectivity index (χ0v) is 11.9. The van der Waals surface area contributed by atoms with Gasteiger partial charge >= 0.3 is 0 Å². The van der Waals surface area contributed by atoms with E-state index < -0.39 is 6.10 Å². The van der Waals surface area contributed by atoms with E-state index in [0.29, 0.717) is 5.02 Å². The van der Waals surface area contributed by atoms with Gasteiger partial charge in [-0.3, -0.25) is 0 Å². The van der Waals surface area contributed by atoms with Crippen molar-refractivity contribution >= 4 is 28.1 Å². The van der Waals surface area contributed by atoms with Crippen molar-refractivity contribution in [1.82, 2.24) is 0 Å². The zero-order chi connectivity index (χ0) is 13.6. The standard InChI is InChI=1S/C16H17ClO2/c1-16(2)8-11(6-13(18)9-16)15-7-10-5-12(17)3-4-14(10)19-15/h3-7,13,18H,8-9H2,1-2H3. The molecule has 0 amide bonds. The van der Waals surface area contributed by atoms with Crippen LogP contribution in [0, 0.1) is 5.41 Å². The van der Waals surface area contributed by atoms with Crippen molar-refractivity contribution in [2.75, 3.05) is 0 Å². The Morgan fingerprint density at radius 2 is 2.11 bits per heavy atom. The first-order valence-electron chi connectivity index (χ1n) is 6.51. The lowest BCUT2D eigenvalue weighted by atomic mass is 9.75. The molecule has 0 saturated carbocycles. The first-order valence-corrected chi connectivity index (χ1v) is 6.89.